The van der Waals surface area contributed by atoms with Gasteiger partial charge in [0.1, 0.15) is 5.76 Å². The Hall–Kier alpha value is -1.44. The van der Waals surface area contributed by atoms with Crippen LogP contribution < -0.4 is 0 Å². The number of ether oxygens (including phenoxy) is 3. The molecule has 1 aromatic rings. The lowest BCUT2D eigenvalue weighted by molar-refractivity contribution is -0.162. The number of rotatable bonds is 6. The largest absolute Gasteiger partial charge is 0.382 e. The number of hydrogen-bond donors (Lipinski definition) is 0. The number of amides is 1. The van der Waals surface area contributed by atoms with Crippen LogP contribution in [-0.4, -0.2) is 67.7 Å². The molecule has 26 heavy (non-hydrogen) atoms. The van der Waals surface area contributed by atoms with Gasteiger partial charge < -0.3 is 23.6 Å². The molecule has 0 radical (unpaired) electrons. The van der Waals surface area contributed by atoms with Gasteiger partial charge in [-0.2, -0.15) is 0 Å². The molecule has 0 N–H and O–H groups in total. The lowest BCUT2D eigenvalue weighted by Crippen LogP contribution is -2.52. The highest BCUT2D eigenvalue weighted by molar-refractivity contribution is 5.79. The van der Waals surface area contributed by atoms with E-state index in [-0.39, 0.29) is 17.6 Å². The Morgan fingerprint density at radius 1 is 1.31 bits per heavy atom. The molecule has 7 heteroatoms. The Bertz CT molecular complexity index is 588. The van der Waals surface area contributed by atoms with E-state index in [1.807, 2.05) is 18.7 Å². The molecule has 1 unspecified atom stereocenters. The molecule has 1 aromatic heterocycles. The Labute approximate surface area is 154 Å². The minimum Gasteiger partial charge on any atom is -0.382 e. The number of carbonyl (C=O) groups excluding carboxylic acids is 1. The highest BCUT2D eigenvalue weighted by atomic mass is 16.5. The van der Waals surface area contributed by atoms with Crippen LogP contribution in [0.25, 0.3) is 0 Å². The van der Waals surface area contributed by atoms with Crippen molar-refractivity contribution in [3.05, 3.63) is 17.0 Å². The van der Waals surface area contributed by atoms with Gasteiger partial charge in [-0.15, -0.1) is 0 Å². The molecule has 2 aliphatic heterocycles. The number of hydrogen-bond acceptors (Lipinski definition) is 6. The second-order valence-corrected chi connectivity index (χ2v) is 7.37. The maximum atomic E-state index is 12.7. The van der Waals surface area contributed by atoms with Crippen LogP contribution >= 0.6 is 0 Å². The first-order valence-corrected chi connectivity index (χ1v) is 9.47. The predicted octanol–water partition coefficient (Wildman–Crippen LogP) is 2.04. The van der Waals surface area contributed by atoms with Crippen molar-refractivity contribution in [2.24, 2.45) is 0 Å². The van der Waals surface area contributed by atoms with Gasteiger partial charge in [0.2, 0.25) is 5.91 Å². The molecule has 3 rings (SSSR count). The van der Waals surface area contributed by atoms with Gasteiger partial charge in [0.25, 0.3) is 0 Å². The van der Waals surface area contributed by atoms with E-state index >= 15 is 0 Å². The second kappa shape index (κ2) is 8.50. The van der Waals surface area contributed by atoms with Gasteiger partial charge in [-0.05, 0) is 33.1 Å². The first-order chi connectivity index (χ1) is 12.5. The number of aryl methyl sites for hydroxylation is 2. The molecular formula is C19H30N2O5. The summed E-state index contributed by atoms with van der Waals surface area (Å²) in [6.45, 7) is 7.16. The van der Waals surface area contributed by atoms with Crippen LogP contribution in [0.3, 0.4) is 0 Å². The van der Waals surface area contributed by atoms with Gasteiger partial charge in [0.05, 0.1) is 37.0 Å². The summed E-state index contributed by atoms with van der Waals surface area (Å²) in [4.78, 5) is 14.6. The smallest absolute Gasteiger partial charge is 0.227 e. The fourth-order valence-corrected chi connectivity index (χ4v) is 3.95. The Kier molecular flexibility index (Phi) is 6.32. The third kappa shape index (κ3) is 4.45. The van der Waals surface area contributed by atoms with Crippen LogP contribution in [0, 0.1) is 13.8 Å². The number of carbonyl (C=O) groups is 1. The van der Waals surface area contributed by atoms with Gasteiger partial charge >= 0.3 is 0 Å². The van der Waals surface area contributed by atoms with E-state index < -0.39 is 0 Å². The number of aromatic nitrogens is 1. The van der Waals surface area contributed by atoms with E-state index in [1.165, 1.54) is 0 Å². The van der Waals surface area contributed by atoms with Gasteiger partial charge in [0.15, 0.2) is 0 Å². The maximum Gasteiger partial charge on any atom is 0.227 e. The molecule has 1 spiro atoms. The summed E-state index contributed by atoms with van der Waals surface area (Å²) < 4.78 is 22.3. The third-order valence-corrected chi connectivity index (χ3v) is 5.63. The van der Waals surface area contributed by atoms with Crippen LogP contribution in [0.1, 0.15) is 42.7 Å². The molecule has 1 amide bonds. The van der Waals surface area contributed by atoms with Crippen molar-refractivity contribution in [3.8, 4) is 0 Å². The van der Waals surface area contributed by atoms with Crippen molar-refractivity contribution in [3.63, 3.8) is 0 Å². The highest BCUT2D eigenvalue weighted by Crippen LogP contribution is 2.36. The molecule has 146 valence electrons. The molecule has 2 aliphatic rings. The zero-order valence-electron chi connectivity index (χ0n) is 16.1. The van der Waals surface area contributed by atoms with Crippen LogP contribution in [0.4, 0.5) is 0 Å². The van der Waals surface area contributed by atoms with Crippen LogP contribution in [0.15, 0.2) is 4.52 Å². The SMILES string of the molecule is COCCOC1CCOC2(CCN(C(=O)Cc3c(C)noc3C)CC2)C1. The van der Waals surface area contributed by atoms with E-state index in [2.05, 4.69) is 5.16 Å². The van der Waals surface area contributed by atoms with Gasteiger partial charge in [0, 0.05) is 38.8 Å². The molecule has 7 nitrogen and oxygen atoms in total. The lowest BCUT2D eigenvalue weighted by Gasteiger charge is -2.46. The monoisotopic (exact) mass is 366 g/mol. The summed E-state index contributed by atoms with van der Waals surface area (Å²) in [7, 11) is 1.68. The summed E-state index contributed by atoms with van der Waals surface area (Å²) in [6, 6.07) is 0. The van der Waals surface area contributed by atoms with E-state index in [4.69, 9.17) is 18.7 Å². The molecule has 2 fully saturated rings. The normalized spacial score (nSPS) is 22.7. The molecule has 1 atom stereocenters. The fourth-order valence-electron chi connectivity index (χ4n) is 3.95. The van der Waals surface area contributed by atoms with Crippen LogP contribution in [0.5, 0.6) is 0 Å². The zero-order valence-corrected chi connectivity index (χ0v) is 16.1. The molecule has 2 saturated heterocycles. The summed E-state index contributed by atoms with van der Waals surface area (Å²) >= 11 is 0. The molecule has 3 heterocycles. The minimum absolute atomic E-state index is 0.137. The quantitative estimate of drug-likeness (QED) is 0.717. The first-order valence-electron chi connectivity index (χ1n) is 9.47. The van der Waals surface area contributed by atoms with Crippen molar-refractivity contribution in [1.82, 2.24) is 10.1 Å². The maximum absolute atomic E-state index is 12.7. The summed E-state index contributed by atoms with van der Waals surface area (Å²) in [5.74, 6) is 0.869. The van der Waals surface area contributed by atoms with Gasteiger partial charge in [-0.1, -0.05) is 5.16 Å². The zero-order chi connectivity index (χ0) is 18.6. The summed E-state index contributed by atoms with van der Waals surface area (Å²) in [5.41, 5.74) is 1.57. The van der Waals surface area contributed by atoms with Crippen molar-refractivity contribution >= 4 is 5.91 Å². The van der Waals surface area contributed by atoms with Gasteiger partial charge in [-0.25, -0.2) is 0 Å². The topological polar surface area (TPSA) is 74.0 Å². The highest BCUT2D eigenvalue weighted by Gasteiger charge is 2.41. The van der Waals surface area contributed by atoms with E-state index in [0.717, 1.165) is 62.4 Å². The number of likely N-dealkylation sites (tertiary alicyclic amines) is 1. The van der Waals surface area contributed by atoms with Crippen molar-refractivity contribution in [1.29, 1.82) is 0 Å². The minimum atomic E-state index is -0.143. The Morgan fingerprint density at radius 2 is 2.08 bits per heavy atom. The fraction of sp³-hybridized carbons (Fsp3) is 0.789. The molecule has 0 bridgehead atoms. The summed E-state index contributed by atoms with van der Waals surface area (Å²) in [6.07, 6.45) is 4.15. The van der Waals surface area contributed by atoms with E-state index in [9.17, 15) is 4.79 Å². The average molecular weight is 366 g/mol. The first kappa shape index (κ1) is 19.3. The Morgan fingerprint density at radius 3 is 2.73 bits per heavy atom. The van der Waals surface area contributed by atoms with Crippen molar-refractivity contribution < 1.29 is 23.5 Å². The van der Waals surface area contributed by atoms with E-state index in [1.54, 1.807) is 7.11 Å². The third-order valence-electron chi connectivity index (χ3n) is 5.63. The average Bonchev–Trinajstić information content (AvgIpc) is 2.95. The van der Waals surface area contributed by atoms with Crippen molar-refractivity contribution in [2.75, 3.05) is 40.0 Å². The van der Waals surface area contributed by atoms with Crippen LogP contribution in [-0.2, 0) is 25.4 Å². The molecular weight excluding hydrogens is 336 g/mol. The van der Waals surface area contributed by atoms with Gasteiger partial charge in [-0.3, -0.25) is 4.79 Å². The van der Waals surface area contributed by atoms with E-state index in [0.29, 0.717) is 19.6 Å². The molecule has 0 saturated carbocycles. The standard InChI is InChI=1S/C19H30N2O5/c1-14-17(15(2)26-20-14)12-18(22)21-7-5-19(6-8-21)13-16(4-9-25-19)24-11-10-23-3/h16H,4-13H2,1-3H3. The molecule has 0 aromatic carbocycles. The van der Waals surface area contributed by atoms with Crippen LogP contribution in [0.2, 0.25) is 0 Å². The summed E-state index contributed by atoms with van der Waals surface area (Å²) in [5, 5.41) is 3.93. The number of methoxy groups -OCH3 is 1. The number of piperidine rings is 1. The second-order valence-electron chi connectivity index (χ2n) is 7.37. The molecule has 0 aliphatic carbocycles. The number of nitrogens with zero attached hydrogens (tertiary/aromatic N) is 2. The Balaban J connectivity index is 1.51. The van der Waals surface area contributed by atoms with Crippen molar-refractivity contribution in [2.45, 2.75) is 57.7 Å². The lowest BCUT2D eigenvalue weighted by atomic mass is 9.83. The predicted molar refractivity (Wildman–Crippen MR) is 95.0 cm³/mol.